The van der Waals surface area contributed by atoms with Crippen molar-refractivity contribution < 1.29 is 13.9 Å². The lowest BCUT2D eigenvalue weighted by atomic mass is 10.1. The molecule has 0 aromatic heterocycles. The zero-order valence-corrected chi connectivity index (χ0v) is 12.5. The second-order valence-corrected chi connectivity index (χ2v) is 4.77. The van der Waals surface area contributed by atoms with Crippen molar-refractivity contribution in [2.75, 3.05) is 7.11 Å². The van der Waals surface area contributed by atoms with Crippen LogP contribution in [-0.4, -0.2) is 18.7 Å². The third kappa shape index (κ3) is 4.41. The molecule has 0 atom stereocenters. The standard InChI is InChI=1S/C17H17FN2O2/c1-12(14-4-3-5-16(11-14)22-2)19-20-17(21)10-13-6-8-15(18)9-7-13/h3-9,11H,10H2,1-2H3,(H,20,21)/b19-12-. The molecule has 0 aliphatic heterocycles. The normalized spacial score (nSPS) is 11.1. The van der Waals surface area contributed by atoms with E-state index in [0.717, 1.165) is 16.9 Å². The van der Waals surface area contributed by atoms with Crippen LogP contribution in [0.15, 0.2) is 53.6 Å². The molecule has 0 aliphatic carbocycles. The van der Waals surface area contributed by atoms with E-state index in [-0.39, 0.29) is 18.1 Å². The quantitative estimate of drug-likeness (QED) is 0.682. The van der Waals surface area contributed by atoms with Crippen LogP contribution in [0.25, 0.3) is 0 Å². The van der Waals surface area contributed by atoms with E-state index in [0.29, 0.717) is 5.71 Å². The Kier molecular flexibility index (Phi) is 5.25. The number of hydrazone groups is 1. The average Bonchev–Trinajstić information content (AvgIpc) is 2.55. The molecule has 2 rings (SSSR count). The lowest BCUT2D eigenvalue weighted by Crippen LogP contribution is -2.21. The summed E-state index contributed by atoms with van der Waals surface area (Å²) < 4.78 is 17.9. The Labute approximate surface area is 128 Å². The summed E-state index contributed by atoms with van der Waals surface area (Å²) in [5.41, 5.74) is 4.76. The largest absolute Gasteiger partial charge is 0.497 e. The summed E-state index contributed by atoms with van der Waals surface area (Å²) in [6, 6.07) is 13.2. The van der Waals surface area contributed by atoms with Gasteiger partial charge >= 0.3 is 0 Å². The van der Waals surface area contributed by atoms with E-state index < -0.39 is 0 Å². The smallest absolute Gasteiger partial charge is 0.244 e. The number of ether oxygens (including phenoxy) is 1. The van der Waals surface area contributed by atoms with Crippen molar-refractivity contribution in [1.82, 2.24) is 5.43 Å². The number of hydrogen-bond acceptors (Lipinski definition) is 3. The van der Waals surface area contributed by atoms with Gasteiger partial charge < -0.3 is 4.74 Å². The fraction of sp³-hybridized carbons (Fsp3) is 0.176. The van der Waals surface area contributed by atoms with E-state index in [2.05, 4.69) is 10.5 Å². The number of carbonyl (C=O) groups excluding carboxylic acids is 1. The highest BCUT2D eigenvalue weighted by atomic mass is 19.1. The molecule has 1 N–H and O–H groups in total. The maximum atomic E-state index is 12.8. The third-order valence-electron chi connectivity index (χ3n) is 3.11. The highest BCUT2D eigenvalue weighted by molar-refractivity contribution is 5.99. The topological polar surface area (TPSA) is 50.7 Å². The van der Waals surface area contributed by atoms with Crippen LogP contribution < -0.4 is 10.2 Å². The van der Waals surface area contributed by atoms with Gasteiger partial charge in [0.25, 0.3) is 0 Å². The van der Waals surface area contributed by atoms with Gasteiger partial charge in [-0.2, -0.15) is 5.10 Å². The van der Waals surface area contributed by atoms with Gasteiger partial charge in [-0.05, 0) is 36.8 Å². The molecule has 0 unspecified atom stereocenters. The Hall–Kier alpha value is -2.69. The number of halogens is 1. The van der Waals surface area contributed by atoms with Gasteiger partial charge in [-0.15, -0.1) is 0 Å². The molecule has 4 nitrogen and oxygen atoms in total. The van der Waals surface area contributed by atoms with Crippen molar-refractivity contribution in [3.05, 3.63) is 65.5 Å². The van der Waals surface area contributed by atoms with Crippen LogP contribution >= 0.6 is 0 Å². The van der Waals surface area contributed by atoms with Gasteiger partial charge in [-0.1, -0.05) is 24.3 Å². The van der Waals surface area contributed by atoms with E-state index in [4.69, 9.17) is 4.74 Å². The monoisotopic (exact) mass is 300 g/mol. The van der Waals surface area contributed by atoms with E-state index >= 15 is 0 Å². The molecular formula is C17H17FN2O2. The van der Waals surface area contributed by atoms with Crippen LogP contribution in [0.3, 0.4) is 0 Å². The number of carbonyl (C=O) groups is 1. The minimum atomic E-state index is -0.323. The summed E-state index contributed by atoms with van der Waals surface area (Å²) >= 11 is 0. The van der Waals surface area contributed by atoms with Crippen LogP contribution in [0.4, 0.5) is 4.39 Å². The molecule has 0 bridgehead atoms. The fourth-order valence-electron chi connectivity index (χ4n) is 1.89. The molecule has 0 radical (unpaired) electrons. The van der Waals surface area contributed by atoms with Gasteiger partial charge in [0.15, 0.2) is 0 Å². The van der Waals surface area contributed by atoms with Gasteiger partial charge in [-0.25, -0.2) is 9.82 Å². The molecule has 2 aromatic rings. The molecule has 0 aliphatic rings. The second kappa shape index (κ2) is 7.36. The molecule has 5 heteroatoms. The van der Waals surface area contributed by atoms with Crippen LogP contribution in [0, 0.1) is 5.82 Å². The minimum Gasteiger partial charge on any atom is -0.497 e. The number of nitrogens with zero attached hydrogens (tertiary/aromatic N) is 1. The number of hydrogen-bond donors (Lipinski definition) is 1. The number of rotatable bonds is 5. The number of benzene rings is 2. The van der Waals surface area contributed by atoms with Crippen LogP contribution in [0.5, 0.6) is 5.75 Å². The summed E-state index contributed by atoms with van der Waals surface area (Å²) in [5, 5.41) is 4.07. The van der Waals surface area contributed by atoms with Gasteiger partial charge in [0.1, 0.15) is 11.6 Å². The molecule has 0 saturated heterocycles. The van der Waals surface area contributed by atoms with Crippen LogP contribution in [0.2, 0.25) is 0 Å². The maximum absolute atomic E-state index is 12.8. The first-order chi connectivity index (χ1) is 10.6. The van der Waals surface area contributed by atoms with E-state index in [1.165, 1.54) is 12.1 Å². The van der Waals surface area contributed by atoms with Gasteiger partial charge in [0.05, 0.1) is 19.2 Å². The first-order valence-corrected chi connectivity index (χ1v) is 6.80. The summed E-state index contributed by atoms with van der Waals surface area (Å²) in [6.45, 7) is 1.80. The van der Waals surface area contributed by atoms with E-state index in [1.807, 2.05) is 24.3 Å². The summed E-state index contributed by atoms with van der Waals surface area (Å²) in [5.74, 6) is 0.148. The third-order valence-corrected chi connectivity index (χ3v) is 3.11. The first kappa shape index (κ1) is 15.7. The van der Waals surface area contributed by atoms with Crippen molar-refractivity contribution in [2.24, 2.45) is 5.10 Å². The zero-order chi connectivity index (χ0) is 15.9. The SMILES string of the molecule is COc1cccc(/C(C)=N\NC(=O)Cc2ccc(F)cc2)c1. The van der Waals surface area contributed by atoms with Crippen molar-refractivity contribution >= 4 is 11.6 Å². The average molecular weight is 300 g/mol. The van der Waals surface area contributed by atoms with Gasteiger partial charge in [-0.3, -0.25) is 4.79 Å². The Morgan fingerprint density at radius 3 is 2.64 bits per heavy atom. The molecule has 1 amide bonds. The molecule has 0 fully saturated rings. The first-order valence-electron chi connectivity index (χ1n) is 6.80. The van der Waals surface area contributed by atoms with Crippen molar-refractivity contribution in [3.8, 4) is 5.75 Å². The van der Waals surface area contributed by atoms with Crippen molar-refractivity contribution in [1.29, 1.82) is 0 Å². The molecule has 0 saturated carbocycles. The minimum absolute atomic E-state index is 0.148. The summed E-state index contributed by atoms with van der Waals surface area (Å²) in [4.78, 5) is 11.8. The Morgan fingerprint density at radius 2 is 1.95 bits per heavy atom. The van der Waals surface area contributed by atoms with Gasteiger partial charge in [0, 0.05) is 5.56 Å². The maximum Gasteiger partial charge on any atom is 0.244 e. The Morgan fingerprint density at radius 1 is 1.23 bits per heavy atom. The molecule has 2 aromatic carbocycles. The zero-order valence-electron chi connectivity index (χ0n) is 12.5. The predicted octanol–water partition coefficient (Wildman–Crippen LogP) is 2.92. The number of nitrogens with one attached hydrogen (secondary N) is 1. The molecule has 0 heterocycles. The fourth-order valence-corrected chi connectivity index (χ4v) is 1.89. The Balaban J connectivity index is 1.97. The van der Waals surface area contributed by atoms with Crippen LogP contribution in [-0.2, 0) is 11.2 Å². The Bertz CT molecular complexity index is 681. The number of methoxy groups -OCH3 is 1. The summed E-state index contributed by atoms with van der Waals surface area (Å²) in [7, 11) is 1.59. The second-order valence-electron chi connectivity index (χ2n) is 4.77. The lowest BCUT2D eigenvalue weighted by Gasteiger charge is -2.05. The highest BCUT2D eigenvalue weighted by Gasteiger charge is 2.04. The molecular weight excluding hydrogens is 283 g/mol. The predicted molar refractivity (Wildman–Crippen MR) is 83.5 cm³/mol. The summed E-state index contributed by atoms with van der Waals surface area (Å²) in [6.07, 6.45) is 0.148. The highest BCUT2D eigenvalue weighted by Crippen LogP contribution is 2.13. The van der Waals surface area contributed by atoms with E-state index in [1.54, 1.807) is 26.2 Å². The van der Waals surface area contributed by atoms with Crippen molar-refractivity contribution in [3.63, 3.8) is 0 Å². The molecule has 0 spiro atoms. The van der Waals surface area contributed by atoms with Crippen molar-refractivity contribution in [2.45, 2.75) is 13.3 Å². The lowest BCUT2D eigenvalue weighted by molar-refractivity contribution is -0.120. The van der Waals surface area contributed by atoms with E-state index in [9.17, 15) is 9.18 Å². The van der Waals surface area contributed by atoms with Gasteiger partial charge in [0.2, 0.25) is 5.91 Å². The molecule has 22 heavy (non-hydrogen) atoms. The molecule has 114 valence electrons. The number of amides is 1. The van der Waals surface area contributed by atoms with Crippen LogP contribution in [0.1, 0.15) is 18.1 Å².